The van der Waals surface area contributed by atoms with Crippen LogP contribution in [0.15, 0.2) is 29.6 Å². The molecule has 2 aromatic rings. The number of carbonyl (C=O) groups is 1. The molecule has 1 atom stereocenters. The fourth-order valence-electron chi connectivity index (χ4n) is 2.47. The van der Waals surface area contributed by atoms with Crippen LogP contribution in [0, 0.1) is 0 Å². The van der Waals surface area contributed by atoms with Gasteiger partial charge in [0.1, 0.15) is 5.37 Å². The van der Waals surface area contributed by atoms with Gasteiger partial charge in [-0.15, -0.1) is 11.3 Å². The molecule has 1 aliphatic heterocycles. The van der Waals surface area contributed by atoms with Crippen LogP contribution in [0.25, 0.3) is 10.1 Å². The smallest absolute Gasteiger partial charge is 0.256 e. The van der Waals surface area contributed by atoms with Crippen LogP contribution in [0.3, 0.4) is 0 Å². The number of hydrogen-bond donors (Lipinski definition) is 0. The second-order valence-electron chi connectivity index (χ2n) is 5.00. The lowest BCUT2D eigenvalue weighted by molar-refractivity contribution is 0.0752. The van der Waals surface area contributed by atoms with Gasteiger partial charge < -0.3 is 4.90 Å². The molecule has 1 aromatic carbocycles. The van der Waals surface area contributed by atoms with E-state index in [-0.39, 0.29) is 5.91 Å². The second-order valence-corrected chi connectivity index (χ2v) is 9.27. The Bertz CT molecular complexity index is 782. The lowest BCUT2D eigenvalue weighted by atomic mass is 10.1. The highest BCUT2D eigenvalue weighted by Crippen LogP contribution is 2.29. The minimum absolute atomic E-state index is 0.178. The molecular formula is C14H15NO3S3. The van der Waals surface area contributed by atoms with Crippen molar-refractivity contribution in [3.63, 3.8) is 0 Å². The summed E-state index contributed by atoms with van der Waals surface area (Å²) in [5, 5.41) is 2.01. The molecule has 4 nitrogen and oxygen atoms in total. The minimum atomic E-state index is -3.28. The summed E-state index contributed by atoms with van der Waals surface area (Å²) in [7, 11) is -3.28. The molecule has 1 amide bonds. The van der Waals surface area contributed by atoms with Gasteiger partial charge in [0.25, 0.3) is 5.91 Å². The molecule has 1 aromatic heterocycles. The lowest BCUT2D eigenvalue weighted by Gasteiger charge is -2.34. The molecule has 0 bridgehead atoms. The molecule has 21 heavy (non-hydrogen) atoms. The maximum atomic E-state index is 12.8. The Kier molecular flexibility index (Phi) is 3.98. The van der Waals surface area contributed by atoms with E-state index in [4.69, 9.17) is 0 Å². The van der Waals surface area contributed by atoms with Crippen molar-refractivity contribution in [1.29, 1.82) is 0 Å². The van der Waals surface area contributed by atoms with Crippen molar-refractivity contribution in [1.82, 2.24) is 4.90 Å². The first-order valence-electron chi connectivity index (χ1n) is 6.52. The zero-order chi connectivity index (χ0) is 15.0. The highest BCUT2D eigenvalue weighted by molar-refractivity contribution is 8.00. The number of thiophene rings is 1. The molecule has 0 N–H and O–H groups in total. The van der Waals surface area contributed by atoms with Gasteiger partial charge in [-0.3, -0.25) is 4.79 Å². The van der Waals surface area contributed by atoms with E-state index in [1.54, 1.807) is 11.8 Å². The van der Waals surface area contributed by atoms with Gasteiger partial charge in [-0.05, 0) is 6.07 Å². The van der Waals surface area contributed by atoms with Gasteiger partial charge in [-0.25, -0.2) is 8.42 Å². The van der Waals surface area contributed by atoms with Crippen molar-refractivity contribution >= 4 is 48.9 Å². The van der Waals surface area contributed by atoms with Crippen molar-refractivity contribution in [3.8, 4) is 0 Å². The average molecular weight is 341 g/mol. The SMILES string of the molecule is CS(=O)(=O)[C@@H]1CSCCN1C(=O)c1csc2ccccc12. The predicted octanol–water partition coefficient (Wildman–Crippen LogP) is 2.46. The maximum absolute atomic E-state index is 12.8. The molecule has 1 saturated heterocycles. The number of amides is 1. The summed E-state index contributed by atoms with van der Waals surface area (Å²) < 4.78 is 24.9. The van der Waals surface area contributed by atoms with Gasteiger partial charge in [0.15, 0.2) is 9.84 Å². The third-order valence-electron chi connectivity index (χ3n) is 3.55. The predicted molar refractivity (Wildman–Crippen MR) is 88.8 cm³/mol. The number of hydrogen-bond acceptors (Lipinski definition) is 5. The van der Waals surface area contributed by atoms with Gasteiger partial charge in [-0.2, -0.15) is 11.8 Å². The van der Waals surface area contributed by atoms with Crippen LogP contribution < -0.4 is 0 Å². The summed E-state index contributed by atoms with van der Waals surface area (Å²) in [5.41, 5.74) is 0.608. The molecule has 0 unspecified atom stereocenters. The normalized spacial score (nSPS) is 19.9. The minimum Gasteiger partial charge on any atom is -0.320 e. The summed E-state index contributed by atoms with van der Waals surface area (Å²) in [6.07, 6.45) is 1.20. The number of thioether (sulfide) groups is 1. The van der Waals surface area contributed by atoms with Crippen LogP contribution in [-0.4, -0.2) is 48.9 Å². The number of rotatable bonds is 2. The van der Waals surface area contributed by atoms with E-state index in [9.17, 15) is 13.2 Å². The van der Waals surface area contributed by atoms with Crippen LogP contribution in [0.5, 0.6) is 0 Å². The quantitative estimate of drug-likeness (QED) is 0.842. The average Bonchev–Trinajstić information content (AvgIpc) is 2.89. The lowest BCUT2D eigenvalue weighted by Crippen LogP contribution is -2.49. The number of carbonyl (C=O) groups excluding carboxylic acids is 1. The van der Waals surface area contributed by atoms with E-state index in [1.165, 1.54) is 22.5 Å². The van der Waals surface area contributed by atoms with Crippen molar-refractivity contribution < 1.29 is 13.2 Å². The number of benzene rings is 1. The van der Waals surface area contributed by atoms with Crippen LogP contribution in [0.4, 0.5) is 0 Å². The van der Waals surface area contributed by atoms with E-state index in [0.717, 1.165) is 15.8 Å². The van der Waals surface area contributed by atoms with Gasteiger partial charge in [-0.1, -0.05) is 18.2 Å². The topological polar surface area (TPSA) is 54.5 Å². The summed E-state index contributed by atoms with van der Waals surface area (Å²) in [6.45, 7) is 0.478. The zero-order valence-corrected chi connectivity index (χ0v) is 13.9. The Morgan fingerprint density at radius 3 is 2.86 bits per heavy atom. The third kappa shape index (κ3) is 2.82. The Morgan fingerprint density at radius 1 is 1.33 bits per heavy atom. The maximum Gasteiger partial charge on any atom is 0.256 e. The van der Waals surface area contributed by atoms with Crippen LogP contribution in [0.1, 0.15) is 10.4 Å². The molecule has 1 aliphatic rings. The molecule has 3 rings (SSSR count). The van der Waals surface area contributed by atoms with Crippen molar-refractivity contribution in [3.05, 3.63) is 35.2 Å². The first-order valence-corrected chi connectivity index (χ1v) is 10.5. The molecule has 7 heteroatoms. The fraction of sp³-hybridized carbons (Fsp3) is 0.357. The van der Waals surface area contributed by atoms with E-state index in [2.05, 4.69) is 0 Å². The first-order chi connectivity index (χ1) is 9.98. The Hall–Kier alpha value is -1.05. The van der Waals surface area contributed by atoms with Crippen molar-refractivity contribution in [2.45, 2.75) is 5.37 Å². The monoisotopic (exact) mass is 341 g/mol. The summed E-state index contributed by atoms with van der Waals surface area (Å²) in [4.78, 5) is 14.3. The second kappa shape index (κ2) is 5.62. The highest BCUT2D eigenvalue weighted by atomic mass is 32.2. The standard InChI is InChI=1S/C14H15NO3S3/c1-21(17,18)13-9-19-7-6-15(13)14(16)11-8-20-12-5-3-2-4-10(11)12/h2-5,8,13H,6-7,9H2,1H3/t13-/m1/s1. The molecular weight excluding hydrogens is 326 g/mol. The number of sulfone groups is 1. The van der Waals surface area contributed by atoms with Crippen LogP contribution in [0.2, 0.25) is 0 Å². The number of fused-ring (bicyclic) bond motifs is 1. The van der Waals surface area contributed by atoms with E-state index in [1.807, 2.05) is 29.6 Å². The van der Waals surface area contributed by atoms with Gasteiger partial charge in [0, 0.05) is 39.8 Å². The number of nitrogens with zero attached hydrogens (tertiary/aromatic N) is 1. The highest BCUT2D eigenvalue weighted by Gasteiger charge is 2.35. The molecule has 112 valence electrons. The van der Waals surface area contributed by atoms with Gasteiger partial charge >= 0.3 is 0 Å². The molecule has 0 spiro atoms. The Balaban J connectivity index is 2.00. The third-order valence-corrected chi connectivity index (χ3v) is 7.16. The molecule has 0 radical (unpaired) electrons. The summed E-state index contributed by atoms with van der Waals surface area (Å²) >= 11 is 3.09. The Morgan fingerprint density at radius 2 is 2.10 bits per heavy atom. The fourth-order valence-corrected chi connectivity index (χ4v) is 6.22. The Labute approximate surface area is 132 Å². The van der Waals surface area contributed by atoms with E-state index in [0.29, 0.717) is 17.9 Å². The van der Waals surface area contributed by atoms with Crippen molar-refractivity contribution in [2.75, 3.05) is 24.3 Å². The van der Waals surface area contributed by atoms with Gasteiger partial charge in [0.05, 0.1) is 5.56 Å². The summed E-state index contributed by atoms with van der Waals surface area (Å²) in [5.74, 6) is 1.05. The van der Waals surface area contributed by atoms with Crippen molar-refractivity contribution in [2.24, 2.45) is 0 Å². The van der Waals surface area contributed by atoms with E-state index < -0.39 is 15.2 Å². The molecule has 1 fully saturated rings. The van der Waals surface area contributed by atoms with Crippen LogP contribution >= 0.6 is 23.1 Å². The van der Waals surface area contributed by atoms with Gasteiger partial charge in [0.2, 0.25) is 0 Å². The first kappa shape index (κ1) is 14.9. The largest absolute Gasteiger partial charge is 0.320 e. The zero-order valence-electron chi connectivity index (χ0n) is 11.5. The van der Waals surface area contributed by atoms with E-state index >= 15 is 0 Å². The van der Waals surface area contributed by atoms with Crippen LogP contribution in [-0.2, 0) is 9.84 Å². The summed E-state index contributed by atoms with van der Waals surface area (Å²) in [6, 6.07) is 7.71. The molecule has 0 saturated carbocycles. The molecule has 0 aliphatic carbocycles. The molecule has 2 heterocycles.